The van der Waals surface area contributed by atoms with E-state index < -0.39 is 29.2 Å². The predicted octanol–water partition coefficient (Wildman–Crippen LogP) is -0.807. The van der Waals surface area contributed by atoms with Crippen LogP contribution in [0.2, 0.25) is 0 Å². The third kappa shape index (κ3) is 3.62. The Hall–Kier alpha value is -2.91. The molecule has 0 spiro atoms. The number of nitrogens with one attached hydrogen (secondary N) is 1. The second kappa shape index (κ2) is 7.32. The van der Waals surface area contributed by atoms with Crippen molar-refractivity contribution in [3.8, 4) is 0 Å². The molecule has 0 saturated heterocycles. The van der Waals surface area contributed by atoms with Crippen molar-refractivity contribution in [1.82, 2.24) is 24.0 Å². The lowest BCUT2D eigenvalue weighted by atomic mass is 10.1. The number of aliphatic carboxylic acids is 1. The number of unbranched alkanes of at least 4 members (excludes halogenated alkanes) is 1. The van der Waals surface area contributed by atoms with Crippen LogP contribution in [0.4, 0.5) is 0 Å². The van der Waals surface area contributed by atoms with Gasteiger partial charge >= 0.3 is 11.7 Å². The molecule has 0 aliphatic carbocycles. The maximum absolute atomic E-state index is 12.3. The number of imidazole rings is 1. The zero-order valence-electron chi connectivity index (χ0n) is 14.4. The highest BCUT2D eigenvalue weighted by atomic mass is 16.4. The summed E-state index contributed by atoms with van der Waals surface area (Å²) in [6.45, 7) is 1.66. The number of fused-ring (bicyclic) bond motifs is 1. The number of rotatable bonds is 7. The van der Waals surface area contributed by atoms with Crippen molar-refractivity contribution < 1.29 is 14.7 Å². The molecule has 136 valence electrons. The van der Waals surface area contributed by atoms with Gasteiger partial charge in [0.1, 0.15) is 12.6 Å². The molecule has 0 fully saturated rings. The highest BCUT2D eigenvalue weighted by Gasteiger charge is 2.21. The number of carbonyl (C=O) groups is 2. The average molecular weight is 351 g/mol. The van der Waals surface area contributed by atoms with E-state index in [1.54, 1.807) is 0 Å². The van der Waals surface area contributed by atoms with Gasteiger partial charge in [-0.15, -0.1) is 0 Å². The van der Waals surface area contributed by atoms with Crippen LogP contribution in [-0.4, -0.2) is 41.7 Å². The first-order valence-electron chi connectivity index (χ1n) is 7.91. The van der Waals surface area contributed by atoms with Crippen LogP contribution in [0.5, 0.6) is 0 Å². The second-order valence-corrected chi connectivity index (χ2v) is 5.85. The minimum atomic E-state index is -1.10. The summed E-state index contributed by atoms with van der Waals surface area (Å²) in [5.74, 6) is -1.64. The van der Waals surface area contributed by atoms with Gasteiger partial charge in [-0.05, 0) is 6.42 Å². The third-order valence-corrected chi connectivity index (χ3v) is 4.01. The fourth-order valence-corrected chi connectivity index (χ4v) is 2.58. The summed E-state index contributed by atoms with van der Waals surface area (Å²) in [5.41, 5.74) is -0.802. The van der Waals surface area contributed by atoms with Gasteiger partial charge in [0.2, 0.25) is 5.91 Å². The van der Waals surface area contributed by atoms with E-state index in [0.717, 1.165) is 11.0 Å². The molecule has 1 atom stereocenters. The summed E-state index contributed by atoms with van der Waals surface area (Å²) in [6.07, 6.45) is 3.11. The third-order valence-electron chi connectivity index (χ3n) is 4.01. The minimum Gasteiger partial charge on any atom is -0.480 e. The number of aryl methyl sites for hydroxylation is 1. The van der Waals surface area contributed by atoms with E-state index in [0.29, 0.717) is 12.8 Å². The Balaban J connectivity index is 2.29. The molecule has 0 bridgehead atoms. The largest absolute Gasteiger partial charge is 0.480 e. The van der Waals surface area contributed by atoms with Crippen molar-refractivity contribution in [3.63, 3.8) is 0 Å². The van der Waals surface area contributed by atoms with Crippen LogP contribution in [0.1, 0.15) is 26.2 Å². The molecule has 2 aromatic rings. The summed E-state index contributed by atoms with van der Waals surface area (Å²) >= 11 is 0. The average Bonchev–Trinajstić information content (AvgIpc) is 2.98. The molecular formula is C15H21N5O5. The van der Waals surface area contributed by atoms with Crippen LogP contribution in [0, 0.1) is 0 Å². The summed E-state index contributed by atoms with van der Waals surface area (Å²) in [5, 5.41) is 11.6. The van der Waals surface area contributed by atoms with Gasteiger partial charge in [0.05, 0.1) is 6.33 Å². The molecule has 1 amide bonds. The maximum atomic E-state index is 12.3. The first-order chi connectivity index (χ1) is 11.8. The maximum Gasteiger partial charge on any atom is 0.332 e. The van der Waals surface area contributed by atoms with E-state index in [4.69, 9.17) is 5.11 Å². The SMILES string of the molecule is CCCCC(NC(=O)Cn1cnc2c1c(=O)n(C)c(=O)n2C)C(=O)O. The Bertz CT molecular complexity index is 923. The number of hydrogen-bond donors (Lipinski definition) is 2. The molecule has 2 heterocycles. The van der Waals surface area contributed by atoms with Gasteiger partial charge in [-0.1, -0.05) is 19.8 Å². The molecule has 2 rings (SSSR count). The standard InChI is InChI=1S/C15H21N5O5/c1-4-5-6-9(14(23)24)17-10(21)7-20-8-16-12-11(20)13(22)19(3)15(25)18(12)2/h8-9H,4-7H2,1-3H3,(H,17,21)(H,23,24). The molecule has 10 heteroatoms. The van der Waals surface area contributed by atoms with Crippen LogP contribution >= 0.6 is 0 Å². The van der Waals surface area contributed by atoms with Gasteiger partial charge < -0.3 is 15.0 Å². The summed E-state index contributed by atoms with van der Waals surface area (Å²) < 4.78 is 3.46. The van der Waals surface area contributed by atoms with Crippen molar-refractivity contribution in [2.75, 3.05) is 0 Å². The van der Waals surface area contributed by atoms with E-state index in [-0.39, 0.29) is 17.7 Å². The quantitative estimate of drug-likeness (QED) is 0.672. The van der Waals surface area contributed by atoms with Gasteiger partial charge in [0.15, 0.2) is 11.2 Å². The molecule has 10 nitrogen and oxygen atoms in total. The topological polar surface area (TPSA) is 128 Å². The highest BCUT2D eigenvalue weighted by molar-refractivity contribution is 5.84. The van der Waals surface area contributed by atoms with Crippen molar-refractivity contribution in [3.05, 3.63) is 27.2 Å². The van der Waals surface area contributed by atoms with Crippen LogP contribution < -0.4 is 16.6 Å². The molecule has 2 aromatic heterocycles. The number of hydrogen-bond acceptors (Lipinski definition) is 5. The normalized spacial score (nSPS) is 12.3. The van der Waals surface area contributed by atoms with E-state index >= 15 is 0 Å². The molecule has 0 radical (unpaired) electrons. The molecule has 25 heavy (non-hydrogen) atoms. The number of carboxylic acid groups (broad SMARTS) is 1. The van der Waals surface area contributed by atoms with Crippen molar-refractivity contribution in [2.24, 2.45) is 14.1 Å². The Morgan fingerprint density at radius 2 is 1.96 bits per heavy atom. The fourth-order valence-electron chi connectivity index (χ4n) is 2.58. The summed E-state index contributed by atoms with van der Waals surface area (Å²) in [6, 6.07) is -0.977. The number of aromatic nitrogens is 4. The monoisotopic (exact) mass is 351 g/mol. The van der Waals surface area contributed by atoms with Gasteiger partial charge in [0.25, 0.3) is 5.56 Å². The van der Waals surface area contributed by atoms with Crippen LogP contribution in [-0.2, 0) is 30.2 Å². The number of nitrogens with zero attached hydrogens (tertiary/aromatic N) is 4. The molecule has 0 saturated carbocycles. The van der Waals surface area contributed by atoms with Gasteiger partial charge in [-0.2, -0.15) is 0 Å². The minimum absolute atomic E-state index is 0.111. The van der Waals surface area contributed by atoms with E-state index in [1.165, 1.54) is 29.6 Å². The molecule has 0 aliphatic rings. The lowest BCUT2D eigenvalue weighted by Crippen LogP contribution is -2.42. The van der Waals surface area contributed by atoms with E-state index in [1.807, 2.05) is 6.92 Å². The Morgan fingerprint density at radius 3 is 2.56 bits per heavy atom. The first kappa shape index (κ1) is 18.4. The van der Waals surface area contributed by atoms with E-state index in [9.17, 15) is 19.2 Å². The Labute approximate surface area is 142 Å². The smallest absolute Gasteiger partial charge is 0.332 e. The van der Waals surface area contributed by atoms with Crippen LogP contribution in [0.25, 0.3) is 11.2 Å². The zero-order chi connectivity index (χ0) is 18.7. The van der Waals surface area contributed by atoms with Crippen LogP contribution in [0.3, 0.4) is 0 Å². The lowest BCUT2D eigenvalue weighted by Gasteiger charge is -2.14. The molecular weight excluding hydrogens is 330 g/mol. The highest BCUT2D eigenvalue weighted by Crippen LogP contribution is 2.06. The number of carbonyl (C=O) groups excluding carboxylic acids is 1. The van der Waals surface area contributed by atoms with Gasteiger partial charge in [0, 0.05) is 14.1 Å². The van der Waals surface area contributed by atoms with E-state index in [2.05, 4.69) is 10.3 Å². The molecule has 0 aliphatic heterocycles. The van der Waals surface area contributed by atoms with Crippen molar-refractivity contribution >= 4 is 23.0 Å². The Morgan fingerprint density at radius 1 is 1.28 bits per heavy atom. The number of carboxylic acids is 1. The van der Waals surface area contributed by atoms with Crippen LogP contribution in [0.15, 0.2) is 15.9 Å². The molecule has 0 aromatic carbocycles. The summed E-state index contributed by atoms with van der Waals surface area (Å²) in [4.78, 5) is 51.6. The molecule has 2 N–H and O–H groups in total. The fraction of sp³-hybridized carbons (Fsp3) is 0.533. The first-order valence-corrected chi connectivity index (χ1v) is 7.91. The zero-order valence-corrected chi connectivity index (χ0v) is 14.4. The number of amides is 1. The predicted molar refractivity (Wildman–Crippen MR) is 89.3 cm³/mol. The van der Waals surface area contributed by atoms with Crippen molar-refractivity contribution in [2.45, 2.75) is 38.8 Å². The van der Waals surface area contributed by atoms with Gasteiger partial charge in [-0.3, -0.25) is 18.7 Å². The van der Waals surface area contributed by atoms with Gasteiger partial charge in [-0.25, -0.2) is 14.6 Å². The second-order valence-electron chi connectivity index (χ2n) is 5.85. The Kier molecular flexibility index (Phi) is 5.40. The van der Waals surface area contributed by atoms with Crippen molar-refractivity contribution in [1.29, 1.82) is 0 Å². The summed E-state index contributed by atoms with van der Waals surface area (Å²) in [7, 11) is 2.82. The lowest BCUT2D eigenvalue weighted by molar-refractivity contribution is -0.142. The molecule has 1 unspecified atom stereocenters.